The van der Waals surface area contributed by atoms with E-state index in [0.29, 0.717) is 24.2 Å². The molecule has 8 heteroatoms. The number of aromatic nitrogens is 1. The van der Waals surface area contributed by atoms with Gasteiger partial charge < -0.3 is 26.4 Å². The number of carbonyl (C=O) groups excluding carboxylic acids is 1. The van der Waals surface area contributed by atoms with Gasteiger partial charge >= 0.3 is 5.97 Å². The Labute approximate surface area is 214 Å². The van der Waals surface area contributed by atoms with E-state index in [9.17, 15) is 15.0 Å². The first kappa shape index (κ1) is 37.3. The van der Waals surface area contributed by atoms with Crippen LogP contribution in [0.25, 0.3) is 11.8 Å². The Kier molecular flexibility index (Phi) is 23.7. The minimum absolute atomic E-state index is 0. The first-order valence-corrected chi connectivity index (χ1v) is 10.5. The fraction of sp³-hybridized carbons (Fsp3) is 0.652. The molecular formula is C23H44N3O4Y-. The van der Waals surface area contributed by atoms with E-state index in [0.717, 1.165) is 0 Å². The molecule has 0 aliphatic carbocycles. The summed E-state index contributed by atoms with van der Waals surface area (Å²) in [7, 11) is 0. The standard InChI is InChI=1S/C15H22N2O4.C4H10N.2C2H6.Y/c1-4-21-14(19)12-9-17-11(8-13(12)18)7-10(16)5-6-15(2,3)20;1-4(2,3)5;2*1-2;/h7-9,20H,4-6,16H2,1-3H3,(H,17,18);5H,1-3H3;2*1-2H3;/q;-1;;;/b10-7-;;;;. The van der Waals surface area contributed by atoms with Crippen LogP contribution in [0.5, 0.6) is 5.75 Å². The molecule has 31 heavy (non-hydrogen) atoms. The number of ether oxygens (including phenoxy) is 1. The molecule has 1 aromatic rings. The summed E-state index contributed by atoms with van der Waals surface area (Å²) in [5.74, 6) is -0.821. The van der Waals surface area contributed by atoms with Gasteiger partial charge in [-0.25, -0.2) is 4.79 Å². The van der Waals surface area contributed by atoms with Crippen LogP contribution in [0.3, 0.4) is 0 Å². The molecular weight excluding hydrogens is 471 g/mol. The maximum Gasteiger partial charge on any atom is 0.343 e. The molecule has 179 valence electrons. The van der Waals surface area contributed by atoms with Gasteiger partial charge in [0.25, 0.3) is 0 Å². The van der Waals surface area contributed by atoms with Gasteiger partial charge in [0, 0.05) is 50.7 Å². The van der Waals surface area contributed by atoms with Crippen LogP contribution in [-0.2, 0) is 37.4 Å². The van der Waals surface area contributed by atoms with Gasteiger partial charge in [0.1, 0.15) is 11.3 Å². The molecule has 1 radical (unpaired) electrons. The Morgan fingerprint density at radius 1 is 1.19 bits per heavy atom. The van der Waals surface area contributed by atoms with Gasteiger partial charge in [0.15, 0.2) is 0 Å². The van der Waals surface area contributed by atoms with Gasteiger partial charge in [-0.2, -0.15) is 0 Å². The van der Waals surface area contributed by atoms with Gasteiger partial charge in [0.2, 0.25) is 0 Å². The summed E-state index contributed by atoms with van der Waals surface area (Å²) in [5, 5.41) is 19.4. The molecule has 1 rings (SSSR count). The first-order valence-electron chi connectivity index (χ1n) is 10.5. The molecule has 0 bridgehead atoms. The third-order valence-electron chi connectivity index (χ3n) is 2.76. The molecule has 0 atom stereocenters. The van der Waals surface area contributed by atoms with Crippen LogP contribution in [0.1, 0.15) is 98.1 Å². The van der Waals surface area contributed by atoms with Crippen LogP contribution >= 0.6 is 0 Å². The van der Waals surface area contributed by atoms with Crippen molar-refractivity contribution >= 4 is 12.0 Å². The van der Waals surface area contributed by atoms with E-state index in [1.165, 1.54) is 12.3 Å². The molecule has 0 fully saturated rings. The Balaban J connectivity index is -0.000000314. The summed E-state index contributed by atoms with van der Waals surface area (Å²) in [6.45, 7) is 18.9. The molecule has 1 aromatic heterocycles. The van der Waals surface area contributed by atoms with Crippen molar-refractivity contribution in [1.82, 2.24) is 4.98 Å². The molecule has 0 saturated heterocycles. The summed E-state index contributed by atoms with van der Waals surface area (Å²) in [4.78, 5) is 15.6. The topological polar surface area (TPSA) is 129 Å². The summed E-state index contributed by atoms with van der Waals surface area (Å²) in [6, 6.07) is 1.35. The predicted octanol–water partition coefficient (Wildman–Crippen LogP) is 5.70. The number of nitrogens with zero attached hydrogens (tertiary/aromatic N) is 1. The van der Waals surface area contributed by atoms with Crippen LogP contribution in [0, 0.1) is 0 Å². The zero-order chi connectivity index (χ0) is 24.5. The number of rotatable bonds is 6. The van der Waals surface area contributed by atoms with Gasteiger partial charge in [-0.15, -0.1) is 5.54 Å². The van der Waals surface area contributed by atoms with E-state index < -0.39 is 11.6 Å². The second-order valence-electron chi connectivity index (χ2n) is 7.63. The molecule has 0 amide bonds. The van der Waals surface area contributed by atoms with Crippen molar-refractivity contribution < 1.29 is 52.5 Å². The fourth-order valence-corrected chi connectivity index (χ4v) is 1.62. The van der Waals surface area contributed by atoms with Crippen LogP contribution in [-0.4, -0.2) is 38.9 Å². The summed E-state index contributed by atoms with van der Waals surface area (Å²) in [5.41, 5.74) is 12.7. The molecule has 5 N–H and O–H groups in total. The van der Waals surface area contributed by atoms with Crippen molar-refractivity contribution in [1.29, 1.82) is 0 Å². The second kappa shape index (κ2) is 19.7. The van der Waals surface area contributed by atoms with Crippen molar-refractivity contribution in [2.45, 2.75) is 93.2 Å². The zero-order valence-electron chi connectivity index (χ0n) is 21.2. The number of pyridine rings is 1. The maximum atomic E-state index is 11.5. The third-order valence-corrected chi connectivity index (χ3v) is 2.76. The smallest absolute Gasteiger partial charge is 0.343 e. The molecule has 1 heterocycles. The number of nitrogens with two attached hydrogens (primary N) is 1. The largest absolute Gasteiger partial charge is 0.673 e. The van der Waals surface area contributed by atoms with E-state index in [1.807, 2.05) is 48.5 Å². The fourth-order valence-electron chi connectivity index (χ4n) is 1.62. The second-order valence-corrected chi connectivity index (χ2v) is 7.63. The van der Waals surface area contributed by atoms with Crippen molar-refractivity contribution in [2.75, 3.05) is 6.61 Å². The first-order chi connectivity index (χ1) is 13.7. The number of esters is 1. The minimum Gasteiger partial charge on any atom is -0.673 e. The summed E-state index contributed by atoms with van der Waals surface area (Å²) < 4.78 is 4.80. The van der Waals surface area contributed by atoms with Gasteiger partial charge in [0.05, 0.1) is 17.9 Å². The van der Waals surface area contributed by atoms with Crippen molar-refractivity contribution in [3.8, 4) is 5.75 Å². The number of aromatic hydroxyl groups is 1. The third kappa shape index (κ3) is 25.1. The average molecular weight is 516 g/mol. The normalized spacial score (nSPS) is 10.6. The molecule has 7 nitrogen and oxygen atoms in total. The molecule has 0 aliphatic heterocycles. The maximum absolute atomic E-state index is 11.5. The number of allylic oxidation sites excluding steroid dienone is 1. The van der Waals surface area contributed by atoms with E-state index in [4.69, 9.17) is 16.2 Å². The zero-order valence-corrected chi connectivity index (χ0v) is 24.0. The number of hydrogen-bond donors (Lipinski definition) is 3. The van der Waals surface area contributed by atoms with Crippen LogP contribution in [0.15, 0.2) is 18.0 Å². The van der Waals surface area contributed by atoms with E-state index >= 15 is 0 Å². The van der Waals surface area contributed by atoms with Crippen LogP contribution in [0.2, 0.25) is 0 Å². The summed E-state index contributed by atoms with van der Waals surface area (Å²) >= 11 is 0. The molecule has 0 saturated carbocycles. The van der Waals surface area contributed by atoms with Crippen molar-refractivity contribution in [3.05, 3.63) is 35.0 Å². The number of nitrogens with one attached hydrogen (secondary N) is 1. The number of hydrogen-bond acceptors (Lipinski definition) is 6. The minimum atomic E-state index is -0.790. The Morgan fingerprint density at radius 3 is 2.00 bits per heavy atom. The SMILES string of the molecule is CC.CC.CC(C)(C)[NH-].CCOC(=O)c1cnc(/C=C(\N)CCC(C)(C)O)cc1O.[Y]. The molecule has 0 spiro atoms. The van der Waals surface area contributed by atoms with Gasteiger partial charge in [-0.05, 0) is 39.7 Å². The van der Waals surface area contributed by atoms with E-state index in [2.05, 4.69) is 4.98 Å². The molecule has 0 unspecified atom stereocenters. The van der Waals surface area contributed by atoms with Gasteiger partial charge in [-0.3, -0.25) is 4.98 Å². The number of carbonyl (C=O) groups is 1. The number of aliphatic hydroxyl groups is 1. The average Bonchev–Trinajstić information content (AvgIpc) is 2.62. The van der Waals surface area contributed by atoms with E-state index in [1.54, 1.807) is 26.8 Å². The van der Waals surface area contributed by atoms with Gasteiger partial charge in [-0.1, -0.05) is 48.5 Å². The Morgan fingerprint density at radius 2 is 1.65 bits per heavy atom. The van der Waals surface area contributed by atoms with Crippen LogP contribution < -0.4 is 5.73 Å². The molecule has 0 aliphatic rings. The van der Waals surface area contributed by atoms with E-state index in [-0.39, 0.29) is 56.2 Å². The Bertz CT molecular complexity index is 616. The monoisotopic (exact) mass is 515 g/mol. The van der Waals surface area contributed by atoms with Crippen molar-refractivity contribution in [2.24, 2.45) is 5.73 Å². The Hall–Kier alpha value is -1.02. The summed E-state index contributed by atoms with van der Waals surface area (Å²) in [6.07, 6.45) is 3.87. The van der Waals surface area contributed by atoms with Crippen LogP contribution in [0.4, 0.5) is 0 Å². The predicted molar refractivity (Wildman–Crippen MR) is 126 cm³/mol. The van der Waals surface area contributed by atoms with Crippen molar-refractivity contribution in [3.63, 3.8) is 0 Å². The quantitative estimate of drug-likeness (QED) is 0.417. The molecule has 0 aromatic carbocycles.